The molecule has 0 aromatic rings. The van der Waals surface area contributed by atoms with Crippen LogP contribution >= 0.6 is 0 Å². The Morgan fingerprint density at radius 1 is 1.38 bits per heavy atom. The van der Waals surface area contributed by atoms with E-state index in [9.17, 15) is 4.79 Å². The molecule has 1 fully saturated rings. The van der Waals surface area contributed by atoms with Crippen LogP contribution in [0.4, 0.5) is 0 Å². The quantitative estimate of drug-likeness (QED) is 0.444. The lowest BCUT2D eigenvalue weighted by atomic mass is 9.65. The summed E-state index contributed by atoms with van der Waals surface area (Å²) in [6, 6.07) is 0. The number of carbonyl (C=O) groups is 1. The van der Waals surface area contributed by atoms with E-state index < -0.39 is 0 Å². The number of allylic oxidation sites excluding steroid dienone is 2. The van der Waals surface area contributed by atoms with Gasteiger partial charge in [-0.25, -0.2) is 0 Å². The van der Waals surface area contributed by atoms with Crippen molar-refractivity contribution in [2.75, 3.05) is 13.9 Å². The lowest BCUT2D eigenvalue weighted by Gasteiger charge is -2.44. The molecule has 2 rings (SSSR count). The molecule has 1 aliphatic heterocycles. The lowest BCUT2D eigenvalue weighted by Crippen LogP contribution is -2.48. The molecule has 1 heterocycles. The second-order valence-electron chi connectivity index (χ2n) is 6.71. The fourth-order valence-corrected chi connectivity index (χ4v) is 3.66. The Balaban J connectivity index is 2.12. The molecule has 21 heavy (non-hydrogen) atoms. The first kappa shape index (κ1) is 16.5. The normalized spacial score (nSPS) is 34.2. The van der Waals surface area contributed by atoms with E-state index in [1.165, 1.54) is 5.57 Å². The molecular formula is C17H28O4. The van der Waals surface area contributed by atoms with Gasteiger partial charge in [0.2, 0.25) is 0 Å². The summed E-state index contributed by atoms with van der Waals surface area (Å²) >= 11 is 0. The second kappa shape index (κ2) is 6.93. The maximum atomic E-state index is 12.5. The van der Waals surface area contributed by atoms with Crippen molar-refractivity contribution in [3.05, 3.63) is 11.6 Å². The summed E-state index contributed by atoms with van der Waals surface area (Å²) in [4.78, 5) is 12.5. The first-order valence-electron chi connectivity index (χ1n) is 7.93. The molecule has 0 saturated carbocycles. The van der Waals surface area contributed by atoms with Crippen molar-refractivity contribution in [1.29, 1.82) is 0 Å². The average molecular weight is 296 g/mol. The number of rotatable bonds is 5. The highest BCUT2D eigenvalue weighted by Gasteiger charge is 2.47. The molecule has 0 amide bonds. The summed E-state index contributed by atoms with van der Waals surface area (Å²) in [6.07, 6.45) is 3.83. The number of esters is 1. The summed E-state index contributed by atoms with van der Waals surface area (Å²) in [6.45, 7) is 8.70. The van der Waals surface area contributed by atoms with Gasteiger partial charge < -0.3 is 14.2 Å². The molecule has 4 heteroatoms. The van der Waals surface area contributed by atoms with Crippen LogP contribution in [0.2, 0.25) is 0 Å². The SMILES string of the molecule is COCO[C@@H](C)[C@H]1C[C@H]2C(C)=CC[C@H](C(C)C)[C@H]2C(=O)O1. The first-order valence-corrected chi connectivity index (χ1v) is 7.93. The number of carbonyl (C=O) groups excluding carboxylic acids is 1. The van der Waals surface area contributed by atoms with Gasteiger partial charge in [-0.15, -0.1) is 0 Å². The van der Waals surface area contributed by atoms with Crippen molar-refractivity contribution in [1.82, 2.24) is 0 Å². The molecule has 0 radical (unpaired) electrons. The average Bonchev–Trinajstić information content (AvgIpc) is 2.45. The summed E-state index contributed by atoms with van der Waals surface area (Å²) in [5, 5.41) is 0. The van der Waals surface area contributed by atoms with Crippen LogP contribution in [0.15, 0.2) is 11.6 Å². The highest BCUT2D eigenvalue weighted by atomic mass is 16.7. The predicted octanol–water partition coefficient (Wildman–Crippen LogP) is 3.17. The molecule has 4 nitrogen and oxygen atoms in total. The van der Waals surface area contributed by atoms with E-state index in [4.69, 9.17) is 14.2 Å². The molecule has 0 spiro atoms. The number of cyclic esters (lactones) is 1. The fraction of sp³-hybridized carbons (Fsp3) is 0.824. The Hall–Kier alpha value is -0.870. The minimum absolute atomic E-state index is 0.0147. The van der Waals surface area contributed by atoms with Crippen LogP contribution in [-0.4, -0.2) is 32.1 Å². The summed E-state index contributed by atoms with van der Waals surface area (Å²) < 4.78 is 16.2. The van der Waals surface area contributed by atoms with Crippen molar-refractivity contribution >= 4 is 5.97 Å². The van der Waals surface area contributed by atoms with Crippen molar-refractivity contribution in [3.63, 3.8) is 0 Å². The van der Waals surface area contributed by atoms with E-state index in [0.29, 0.717) is 17.8 Å². The zero-order valence-electron chi connectivity index (χ0n) is 13.8. The van der Waals surface area contributed by atoms with E-state index in [1.54, 1.807) is 7.11 Å². The van der Waals surface area contributed by atoms with Gasteiger partial charge in [0.05, 0.1) is 12.0 Å². The van der Waals surface area contributed by atoms with Crippen LogP contribution in [0.25, 0.3) is 0 Å². The van der Waals surface area contributed by atoms with Crippen molar-refractivity contribution in [2.24, 2.45) is 23.7 Å². The fourth-order valence-electron chi connectivity index (χ4n) is 3.66. The molecule has 2 aliphatic rings. The largest absolute Gasteiger partial charge is 0.459 e. The third-order valence-electron chi connectivity index (χ3n) is 5.05. The van der Waals surface area contributed by atoms with Crippen LogP contribution in [0, 0.1) is 23.7 Å². The topological polar surface area (TPSA) is 44.8 Å². The molecule has 120 valence electrons. The Morgan fingerprint density at radius 3 is 2.71 bits per heavy atom. The number of hydrogen-bond donors (Lipinski definition) is 0. The van der Waals surface area contributed by atoms with E-state index >= 15 is 0 Å². The van der Waals surface area contributed by atoms with Gasteiger partial charge in [-0.3, -0.25) is 4.79 Å². The summed E-state index contributed by atoms with van der Waals surface area (Å²) in [5.41, 5.74) is 1.33. The summed E-state index contributed by atoms with van der Waals surface area (Å²) in [5.74, 6) is 1.15. The number of fused-ring (bicyclic) bond motifs is 1. The van der Waals surface area contributed by atoms with Crippen LogP contribution in [0.3, 0.4) is 0 Å². The Kier molecular flexibility index (Phi) is 5.44. The molecular weight excluding hydrogens is 268 g/mol. The van der Waals surface area contributed by atoms with Crippen molar-refractivity contribution in [3.8, 4) is 0 Å². The molecule has 0 bridgehead atoms. The van der Waals surface area contributed by atoms with E-state index in [-0.39, 0.29) is 30.9 Å². The van der Waals surface area contributed by atoms with Gasteiger partial charge in [0.15, 0.2) is 0 Å². The highest BCUT2D eigenvalue weighted by molar-refractivity contribution is 5.75. The van der Waals surface area contributed by atoms with Crippen LogP contribution in [-0.2, 0) is 19.0 Å². The van der Waals surface area contributed by atoms with Gasteiger partial charge >= 0.3 is 5.97 Å². The predicted molar refractivity (Wildman–Crippen MR) is 80.6 cm³/mol. The first-order chi connectivity index (χ1) is 9.95. The zero-order valence-corrected chi connectivity index (χ0v) is 13.8. The van der Waals surface area contributed by atoms with E-state index in [1.807, 2.05) is 6.92 Å². The maximum absolute atomic E-state index is 12.5. The maximum Gasteiger partial charge on any atom is 0.310 e. The third kappa shape index (κ3) is 3.49. The monoisotopic (exact) mass is 296 g/mol. The molecule has 0 N–H and O–H groups in total. The second-order valence-corrected chi connectivity index (χ2v) is 6.71. The molecule has 0 aromatic carbocycles. The van der Waals surface area contributed by atoms with Gasteiger partial charge in [0.1, 0.15) is 12.9 Å². The zero-order chi connectivity index (χ0) is 15.6. The number of methoxy groups -OCH3 is 1. The van der Waals surface area contributed by atoms with Crippen LogP contribution in [0.1, 0.15) is 40.5 Å². The van der Waals surface area contributed by atoms with Gasteiger partial charge in [0.25, 0.3) is 0 Å². The van der Waals surface area contributed by atoms with Gasteiger partial charge in [-0.1, -0.05) is 25.5 Å². The van der Waals surface area contributed by atoms with Gasteiger partial charge in [-0.05, 0) is 44.4 Å². The lowest BCUT2D eigenvalue weighted by molar-refractivity contribution is -0.185. The van der Waals surface area contributed by atoms with Crippen molar-refractivity contribution < 1.29 is 19.0 Å². The van der Waals surface area contributed by atoms with E-state index in [2.05, 4.69) is 26.8 Å². The number of ether oxygens (including phenoxy) is 3. The molecule has 5 atom stereocenters. The highest BCUT2D eigenvalue weighted by Crippen LogP contribution is 2.45. The van der Waals surface area contributed by atoms with Crippen LogP contribution in [0.5, 0.6) is 0 Å². The van der Waals surface area contributed by atoms with Gasteiger partial charge in [0, 0.05) is 7.11 Å². The summed E-state index contributed by atoms with van der Waals surface area (Å²) in [7, 11) is 1.59. The van der Waals surface area contributed by atoms with Gasteiger partial charge in [-0.2, -0.15) is 0 Å². The molecule has 1 aliphatic carbocycles. The Labute approximate surface area is 127 Å². The number of hydrogen-bond acceptors (Lipinski definition) is 4. The molecule has 0 unspecified atom stereocenters. The Bertz CT molecular complexity index is 402. The minimum Gasteiger partial charge on any atom is -0.459 e. The Morgan fingerprint density at radius 2 is 2.10 bits per heavy atom. The molecule has 0 aromatic heterocycles. The standard InChI is InChI=1S/C17H28O4/c1-10(2)13-7-6-11(3)14-8-15(12(4)20-9-19-5)21-17(18)16(13)14/h6,10,12-16H,7-9H2,1-5H3/t12-,13+,14-,15+,16+/m0/s1. The third-order valence-corrected chi connectivity index (χ3v) is 5.05. The smallest absolute Gasteiger partial charge is 0.310 e. The van der Waals surface area contributed by atoms with E-state index in [0.717, 1.165) is 12.8 Å². The van der Waals surface area contributed by atoms with Crippen molar-refractivity contribution in [2.45, 2.75) is 52.7 Å². The molecule has 1 saturated heterocycles. The van der Waals surface area contributed by atoms with Crippen LogP contribution < -0.4 is 0 Å². The minimum atomic E-state index is -0.178.